The Kier molecular flexibility index (Phi) is 12.2. The monoisotopic (exact) mass is 599 g/mol. The molecule has 0 radical (unpaired) electrons. The number of alkyl carbamates (subject to hydrolysis) is 1. The molecule has 1 aromatic carbocycles. The number of anilines is 1. The van der Waals surface area contributed by atoms with Gasteiger partial charge in [0, 0.05) is 50.0 Å². The molecule has 236 valence electrons. The van der Waals surface area contributed by atoms with Gasteiger partial charge in [0.05, 0.1) is 51.6 Å². The van der Waals surface area contributed by atoms with Crippen LogP contribution in [0.5, 0.6) is 11.5 Å². The lowest BCUT2D eigenvalue weighted by Crippen LogP contribution is -2.34. The average Bonchev–Trinajstić information content (AvgIpc) is 2.94. The minimum Gasteiger partial charge on any atom is -0.496 e. The van der Waals surface area contributed by atoms with Gasteiger partial charge in [0.25, 0.3) is 5.56 Å². The van der Waals surface area contributed by atoms with Crippen LogP contribution < -0.4 is 25.7 Å². The quantitative estimate of drug-likeness (QED) is 0.250. The fraction of sp³-hybridized carbons (Fsp3) is 0.516. The van der Waals surface area contributed by atoms with E-state index < -0.39 is 11.7 Å². The van der Waals surface area contributed by atoms with Crippen LogP contribution in [0.2, 0.25) is 0 Å². The number of hydrogen-bond acceptors (Lipinski definition) is 10. The van der Waals surface area contributed by atoms with Crippen LogP contribution in [0.15, 0.2) is 35.4 Å². The molecule has 0 bridgehead atoms. The number of aryl methyl sites for hydroxylation is 1. The fourth-order valence-corrected chi connectivity index (χ4v) is 4.41. The molecular weight excluding hydrogens is 554 g/mol. The van der Waals surface area contributed by atoms with Gasteiger partial charge in [0.15, 0.2) is 0 Å². The molecule has 0 spiro atoms. The number of fused-ring (bicyclic) bond motifs is 1. The van der Waals surface area contributed by atoms with Crippen molar-refractivity contribution in [1.82, 2.24) is 19.8 Å². The van der Waals surface area contributed by atoms with Gasteiger partial charge >= 0.3 is 6.09 Å². The number of aromatic nitrogens is 2. The predicted octanol–water partition coefficient (Wildman–Crippen LogP) is 3.65. The lowest BCUT2D eigenvalue weighted by molar-refractivity contribution is 0.0415. The maximum Gasteiger partial charge on any atom is 0.407 e. The number of rotatable bonds is 15. The molecule has 12 heteroatoms. The van der Waals surface area contributed by atoms with E-state index in [4.69, 9.17) is 23.7 Å². The largest absolute Gasteiger partial charge is 0.496 e. The molecular formula is C31H45N5O7. The molecule has 0 aliphatic carbocycles. The molecule has 0 atom stereocenters. The number of benzene rings is 1. The number of amides is 1. The highest BCUT2D eigenvalue weighted by Gasteiger charge is 2.18. The lowest BCUT2D eigenvalue weighted by atomic mass is 9.98. The smallest absolute Gasteiger partial charge is 0.407 e. The summed E-state index contributed by atoms with van der Waals surface area (Å²) in [6.45, 7) is 8.56. The van der Waals surface area contributed by atoms with Gasteiger partial charge < -0.3 is 43.8 Å². The topological polar surface area (TPSA) is 125 Å². The highest BCUT2D eigenvalue weighted by atomic mass is 16.6. The van der Waals surface area contributed by atoms with E-state index in [0.29, 0.717) is 68.8 Å². The Hall–Kier alpha value is -3.87. The Labute approximate surface area is 253 Å². The number of nitrogens with one attached hydrogen (secondary N) is 2. The van der Waals surface area contributed by atoms with Crippen molar-refractivity contribution in [2.75, 3.05) is 73.1 Å². The number of carbonyl (C=O) groups excluding carboxylic acids is 1. The van der Waals surface area contributed by atoms with Gasteiger partial charge in [-0.3, -0.25) is 4.79 Å². The van der Waals surface area contributed by atoms with E-state index in [0.717, 1.165) is 22.1 Å². The van der Waals surface area contributed by atoms with Gasteiger partial charge in [-0.15, -0.1) is 0 Å². The summed E-state index contributed by atoms with van der Waals surface area (Å²) >= 11 is 0. The predicted molar refractivity (Wildman–Crippen MR) is 167 cm³/mol. The zero-order valence-electron chi connectivity index (χ0n) is 26.5. The summed E-state index contributed by atoms with van der Waals surface area (Å²) in [6.07, 6.45) is 2.95. The summed E-state index contributed by atoms with van der Waals surface area (Å²) < 4.78 is 29.3. The third-order valence-electron chi connectivity index (χ3n) is 6.30. The van der Waals surface area contributed by atoms with E-state index in [1.807, 2.05) is 59.3 Å². The molecule has 2 heterocycles. The summed E-state index contributed by atoms with van der Waals surface area (Å²) in [7, 11) is 8.98. The summed E-state index contributed by atoms with van der Waals surface area (Å²) in [5.41, 5.74) is 1.99. The second-order valence-electron chi connectivity index (χ2n) is 11.3. The first-order valence-corrected chi connectivity index (χ1v) is 14.2. The maximum atomic E-state index is 12.9. The van der Waals surface area contributed by atoms with Crippen molar-refractivity contribution in [3.63, 3.8) is 0 Å². The molecule has 3 aromatic rings. The van der Waals surface area contributed by atoms with Gasteiger partial charge in [-0.1, -0.05) is 0 Å². The molecule has 1 amide bonds. The van der Waals surface area contributed by atoms with Gasteiger partial charge in [0.2, 0.25) is 0 Å². The lowest BCUT2D eigenvalue weighted by Gasteiger charge is -2.19. The molecule has 43 heavy (non-hydrogen) atoms. The molecule has 0 fully saturated rings. The molecule has 0 unspecified atom stereocenters. The van der Waals surface area contributed by atoms with Crippen molar-refractivity contribution in [2.45, 2.75) is 32.9 Å². The zero-order valence-corrected chi connectivity index (χ0v) is 26.5. The third kappa shape index (κ3) is 9.84. The summed E-state index contributed by atoms with van der Waals surface area (Å²) in [5, 5.41) is 7.18. The van der Waals surface area contributed by atoms with E-state index in [1.165, 1.54) is 0 Å². The Bertz CT molecular complexity index is 1410. The second kappa shape index (κ2) is 15.6. The van der Waals surface area contributed by atoms with Crippen LogP contribution in [0.3, 0.4) is 0 Å². The number of ether oxygens (including phenoxy) is 5. The van der Waals surface area contributed by atoms with Crippen LogP contribution in [0.1, 0.15) is 26.3 Å². The summed E-state index contributed by atoms with van der Waals surface area (Å²) in [5.74, 6) is 2.04. The van der Waals surface area contributed by atoms with Gasteiger partial charge in [-0.2, -0.15) is 0 Å². The molecule has 3 rings (SSSR count). The first-order valence-electron chi connectivity index (χ1n) is 14.2. The number of pyridine rings is 2. The molecule has 0 aliphatic heterocycles. The van der Waals surface area contributed by atoms with E-state index in [1.54, 1.807) is 32.0 Å². The van der Waals surface area contributed by atoms with E-state index in [9.17, 15) is 9.59 Å². The first-order chi connectivity index (χ1) is 20.4. The Morgan fingerprint density at radius 2 is 1.58 bits per heavy atom. The van der Waals surface area contributed by atoms with Crippen LogP contribution in [0.4, 0.5) is 10.6 Å². The minimum atomic E-state index is -0.533. The standard InChI is InChI=1S/C31H45N5O7/c1-31(2,3)43-30(38)33-10-12-42-14-13-41-11-9-32-28-17-22-23(18-34-28)29(37)36(6)20-24(22)21-15-26(39-7)25(19-35(4)5)27(16-21)40-8/h15-18,20H,9-14,19H2,1-8H3,(H,32,34)(H,33,38). The number of nitrogens with zero attached hydrogens (tertiary/aromatic N) is 3. The van der Waals surface area contributed by atoms with Crippen LogP contribution in [-0.2, 0) is 27.8 Å². The van der Waals surface area contributed by atoms with Crippen molar-refractivity contribution in [1.29, 1.82) is 0 Å². The first kappa shape index (κ1) is 33.6. The molecule has 12 nitrogen and oxygen atoms in total. The van der Waals surface area contributed by atoms with Crippen LogP contribution >= 0.6 is 0 Å². The van der Waals surface area contributed by atoms with E-state index in [2.05, 4.69) is 20.5 Å². The van der Waals surface area contributed by atoms with Crippen molar-refractivity contribution >= 4 is 22.7 Å². The average molecular weight is 600 g/mol. The van der Waals surface area contributed by atoms with E-state index >= 15 is 0 Å². The van der Waals surface area contributed by atoms with Crippen molar-refractivity contribution in [3.05, 3.63) is 46.5 Å². The normalized spacial score (nSPS) is 11.6. The Balaban J connectivity index is 1.62. The molecule has 2 N–H and O–H groups in total. The Morgan fingerprint density at radius 1 is 0.953 bits per heavy atom. The van der Waals surface area contributed by atoms with Gasteiger partial charge in [0.1, 0.15) is 22.9 Å². The maximum absolute atomic E-state index is 12.9. The van der Waals surface area contributed by atoms with Crippen LogP contribution in [0.25, 0.3) is 21.9 Å². The van der Waals surface area contributed by atoms with E-state index in [-0.39, 0.29) is 5.56 Å². The van der Waals surface area contributed by atoms with Crippen molar-refractivity contribution in [2.24, 2.45) is 7.05 Å². The van der Waals surface area contributed by atoms with Crippen LogP contribution in [-0.4, -0.2) is 94.0 Å². The second-order valence-corrected chi connectivity index (χ2v) is 11.3. The number of carbonyl (C=O) groups is 1. The third-order valence-corrected chi connectivity index (χ3v) is 6.30. The zero-order chi connectivity index (χ0) is 31.6. The SMILES string of the molecule is COc1cc(-c2cn(C)c(=O)c3cnc(NCCOCCOCCNC(=O)OC(C)(C)C)cc23)cc(OC)c1CN(C)C. The minimum absolute atomic E-state index is 0.134. The fourth-order valence-electron chi connectivity index (χ4n) is 4.41. The highest BCUT2D eigenvalue weighted by molar-refractivity contribution is 5.97. The van der Waals surface area contributed by atoms with Crippen molar-refractivity contribution in [3.8, 4) is 22.6 Å². The summed E-state index contributed by atoms with van der Waals surface area (Å²) in [6, 6.07) is 5.81. The molecule has 0 saturated heterocycles. The molecule has 0 aliphatic rings. The molecule has 2 aromatic heterocycles. The van der Waals surface area contributed by atoms with Gasteiger partial charge in [-0.05, 0) is 58.6 Å². The van der Waals surface area contributed by atoms with Crippen LogP contribution in [0, 0.1) is 0 Å². The number of methoxy groups -OCH3 is 2. The number of hydrogen-bond donors (Lipinski definition) is 2. The van der Waals surface area contributed by atoms with Crippen molar-refractivity contribution < 1.29 is 28.5 Å². The highest BCUT2D eigenvalue weighted by Crippen LogP contribution is 2.38. The molecule has 0 saturated carbocycles. The summed E-state index contributed by atoms with van der Waals surface area (Å²) in [4.78, 5) is 31.1. The van der Waals surface area contributed by atoms with Gasteiger partial charge in [-0.25, -0.2) is 9.78 Å². The Morgan fingerprint density at radius 3 is 2.16 bits per heavy atom.